The molecule has 1 fully saturated rings. The highest BCUT2D eigenvalue weighted by Crippen LogP contribution is 2.23. The highest BCUT2D eigenvalue weighted by Gasteiger charge is 2.27. The number of hydrogen-bond donors (Lipinski definition) is 1. The molecule has 1 heterocycles. The summed E-state index contributed by atoms with van der Waals surface area (Å²) in [7, 11) is 0. The molecule has 2 unspecified atom stereocenters. The third-order valence-corrected chi connectivity index (χ3v) is 3.28. The van der Waals surface area contributed by atoms with Crippen molar-refractivity contribution >= 4 is 11.6 Å². The lowest BCUT2D eigenvalue weighted by atomic mass is 10.0. The number of carbonyl (C=O) groups is 1. The van der Waals surface area contributed by atoms with Crippen molar-refractivity contribution in [1.82, 2.24) is 5.32 Å². The van der Waals surface area contributed by atoms with Crippen LogP contribution >= 0.6 is 0 Å². The molecule has 1 saturated heterocycles. The van der Waals surface area contributed by atoms with E-state index in [-0.39, 0.29) is 12.1 Å². The van der Waals surface area contributed by atoms with Crippen LogP contribution < -0.4 is 5.32 Å². The van der Waals surface area contributed by atoms with Gasteiger partial charge in [-0.3, -0.25) is 14.9 Å². The Hall–Kier alpha value is -2.09. The Morgan fingerprint density at radius 3 is 2.81 bits per heavy atom. The van der Waals surface area contributed by atoms with E-state index in [0.29, 0.717) is 31.6 Å². The normalized spacial score (nSPS) is 21.9. The molecule has 1 aliphatic heterocycles. The minimum absolute atomic E-state index is 0.0456. The zero-order valence-corrected chi connectivity index (χ0v) is 11.3. The van der Waals surface area contributed by atoms with Gasteiger partial charge >= 0.3 is 5.69 Å². The van der Waals surface area contributed by atoms with Crippen molar-refractivity contribution in [1.29, 1.82) is 0 Å². The van der Waals surface area contributed by atoms with Crippen LogP contribution in [0, 0.1) is 21.7 Å². The van der Waals surface area contributed by atoms with Crippen molar-refractivity contribution in [2.24, 2.45) is 0 Å². The fraction of sp³-hybridized carbons (Fsp3) is 0.462. The first-order chi connectivity index (χ1) is 9.88. The van der Waals surface area contributed by atoms with Gasteiger partial charge in [0.15, 0.2) is 0 Å². The van der Waals surface area contributed by atoms with Gasteiger partial charge in [0.25, 0.3) is 5.91 Å². The molecule has 6 nitrogen and oxygen atoms in total. The summed E-state index contributed by atoms with van der Waals surface area (Å²) in [6.45, 7) is 2.30. The van der Waals surface area contributed by atoms with Crippen LogP contribution in [-0.2, 0) is 4.74 Å². The van der Waals surface area contributed by atoms with Crippen molar-refractivity contribution < 1.29 is 23.2 Å². The molecule has 0 saturated carbocycles. The Morgan fingerprint density at radius 1 is 1.48 bits per heavy atom. The van der Waals surface area contributed by atoms with Crippen LogP contribution in [-0.4, -0.2) is 29.6 Å². The molecule has 1 aliphatic rings. The SMILES string of the molecule is CC1CC(NC(=O)c2cc(F)cc([N+](=O)[O-])c2F)CCO1. The average Bonchev–Trinajstić information content (AvgIpc) is 2.40. The Morgan fingerprint density at radius 2 is 2.19 bits per heavy atom. The monoisotopic (exact) mass is 300 g/mol. The van der Waals surface area contributed by atoms with Gasteiger partial charge in [-0.2, -0.15) is 4.39 Å². The van der Waals surface area contributed by atoms with Gasteiger partial charge in [-0.15, -0.1) is 0 Å². The number of nitro benzene ring substituents is 1. The van der Waals surface area contributed by atoms with E-state index in [1.165, 1.54) is 0 Å². The number of halogens is 2. The lowest BCUT2D eigenvalue weighted by Gasteiger charge is -2.27. The van der Waals surface area contributed by atoms with Crippen molar-refractivity contribution in [2.45, 2.75) is 31.9 Å². The van der Waals surface area contributed by atoms with Gasteiger partial charge in [0, 0.05) is 12.6 Å². The summed E-state index contributed by atoms with van der Waals surface area (Å²) in [6, 6.07) is 0.867. The number of nitrogens with zero attached hydrogens (tertiary/aromatic N) is 1. The van der Waals surface area contributed by atoms with Gasteiger partial charge in [0.1, 0.15) is 5.82 Å². The number of hydrogen-bond acceptors (Lipinski definition) is 4. The molecule has 0 bridgehead atoms. The molecule has 0 spiro atoms. The summed E-state index contributed by atoms with van der Waals surface area (Å²) in [4.78, 5) is 21.6. The number of ether oxygens (including phenoxy) is 1. The summed E-state index contributed by atoms with van der Waals surface area (Å²) in [6.07, 6.45) is 1.05. The molecular weight excluding hydrogens is 286 g/mol. The zero-order valence-electron chi connectivity index (χ0n) is 11.3. The Labute approximate surface area is 119 Å². The summed E-state index contributed by atoms with van der Waals surface area (Å²) >= 11 is 0. The van der Waals surface area contributed by atoms with E-state index in [1.807, 2.05) is 6.92 Å². The molecule has 21 heavy (non-hydrogen) atoms. The van der Waals surface area contributed by atoms with Crippen LogP contribution in [0.3, 0.4) is 0 Å². The van der Waals surface area contributed by atoms with Crippen molar-refractivity contribution in [3.8, 4) is 0 Å². The molecule has 0 radical (unpaired) electrons. The van der Waals surface area contributed by atoms with Crippen molar-refractivity contribution in [3.05, 3.63) is 39.4 Å². The van der Waals surface area contributed by atoms with Crippen LogP contribution in [0.5, 0.6) is 0 Å². The first-order valence-corrected chi connectivity index (χ1v) is 6.44. The molecule has 2 atom stereocenters. The summed E-state index contributed by atoms with van der Waals surface area (Å²) in [5.41, 5.74) is -1.72. The molecule has 1 amide bonds. The van der Waals surface area contributed by atoms with E-state index in [1.54, 1.807) is 0 Å². The van der Waals surface area contributed by atoms with Crippen LogP contribution in [0.2, 0.25) is 0 Å². The third-order valence-electron chi connectivity index (χ3n) is 3.28. The van der Waals surface area contributed by atoms with Crippen LogP contribution in [0.4, 0.5) is 14.5 Å². The second-order valence-electron chi connectivity index (χ2n) is 4.92. The predicted octanol–water partition coefficient (Wildman–Crippen LogP) is 2.17. The molecule has 1 aromatic rings. The van der Waals surface area contributed by atoms with Crippen molar-refractivity contribution in [3.63, 3.8) is 0 Å². The van der Waals surface area contributed by atoms with E-state index >= 15 is 0 Å². The second kappa shape index (κ2) is 6.13. The van der Waals surface area contributed by atoms with Gasteiger partial charge in [0.05, 0.1) is 22.7 Å². The zero-order chi connectivity index (χ0) is 15.6. The minimum atomic E-state index is -1.33. The molecule has 1 aromatic carbocycles. The number of nitrogens with one attached hydrogen (secondary N) is 1. The van der Waals surface area contributed by atoms with Crippen LogP contribution in [0.15, 0.2) is 12.1 Å². The third kappa shape index (κ3) is 3.52. The average molecular weight is 300 g/mol. The Balaban J connectivity index is 2.21. The lowest BCUT2D eigenvalue weighted by Crippen LogP contribution is -2.41. The van der Waals surface area contributed by atoms with E-state index in [2.05, 4.69) is 5.32 Å². The van der Waals surface area contributed by atoms with Gasteiger partial charge in [-0.05, 0) is 25.8 Å². The molecule has 8 heteroatoms. The van der Waals surface area contributed by atoms with Crippen LogP contribution in [0.1, 0.15) is 30.1 Å². The number of amides is 1. The quantitative estimate of drug-likeness (QED) is 0.685. The maximum atomic E-state index is 13.9. The molecule has 114 valence electrons. The first kappa shape index (κ1) is 15.3. The Bertz CT molecular complexity index is 580. The van der Waals surface area contributed by atoms with Crippen LogP contribution in [0.25, 0.3) is 0 Å². The maximum Gasteiger partial charge on any atom is 0.308 e. The summed E-state index contributed by atoms with van der Waals surface area (Å²) < 4.78 is 32.5. The molecular formula is C13H14F2N2O4. The first-order valence-electron chi connectivity index (χ1n) is 6.44. The highest BCUT2D eigenvalue weighted by molar-refractivity contribution is 5.95. The molecule has 0 aromatic heterocycles. The Kier molecular flexibility index (Phi) is 4.46. The molecule has 0 aliphatic carbocycles. The maximum absolute atomic E-state index is 13.9. The summed E-state index contributed by atoms with van der Waals surface area (Å²) in [5, 5.41) is 13.2. The number of benzene rings is 1. The van der Waals surface area contributed by atoms with Gasteiger partial charge < -0.3 is 10.1 Å². The second-order valence-corrected chi connectivity index (χ2v) is 4.92. The van der Waals surface area contributed by atoms with Gasteiger partial charge in [-0.1, -0.05) is 0 Å². The van der Waals surface area contributed by atoms with Gasteiger partial charge in [-0.25, -0.2) is 4.39 Å². The predicted molar refractivity (Wildman–Crippen MR) is 68.9 cm³/mol. The van der Waals surface area contributed by atoms with E-state index in [9.17, 15) is 23.7 Å². The van der Waals surface area contributed by atoms with E-state index < -0.39 is 33.7 Å². The molecule has 1 N–H and O–H groups in total. The van der Waals surface area contributed by atoms with E-state index in [0.717, 1.165) is 0 Å². The standard InChI is InChI=1S/C13H14F2N2O4/c1-7-4-9(2-3-21-7)16-13(18)10-5-8(14)6-11(12(10)15)17(19)20/h5-7,9H,2-4H2,1H3,(H,16,18). The van der Waals surface area contributed by atoms with E-state index in [4.69, 9.17) is 4.74 Å². The summed E-state index contributed by atoms with van der Waals surface area (Å²) in [5.74, 6) is -3.23. The number of carbonyl (C=O) groups excluding carboxylic acids is 1. The number of nitro groups is 1. The number of rotatable bonds is 3. The largest absolute Gasteiger partial charge is 0.378 e. The molecule has 2 rings (SSSR count). The highest BCUT2D eigenvalue weighted by atomic mass is 19.1. The van der Waals surface area contributed by atoms with Gasteiger partial charge in [0.2, 0.25) is 5.82 Å². The van der Waals surface area contributed by atoms with Crippen molar-refractivity contribution in [2.75, 3.05) is 6.61 Å². The minimum Gasteiger partial charge on any atom is -0.378 e. The fourth-order valence-corrected chi connectivity index (χ4v) is 2.27. The lowest BCUT2D eigenvalue weighted by molar-refractivity contribution is -0.387. The fourth-order valence-electron chi connectivity index (χ4n) is 2.27. The topological polar surface area (TPSA) is 81.5 Å². The smallest absolute Gasteiger partial charge is 0.308 e.